The second-order valence-electron chi connectivity index (χ2n) is 5.36. The molecule has 0 spiro atoms. The van der Waals surface area contributed by atoms with E-state index in [1.807, 2.05) is 6.92 Å². The lowest BCUT2D eigenvalue weighted by molar-refractivity contribution is 0.152. The summed E-state index contributed by atoms with van der Waals surface area (Å²) in [5.74, 6) is 0.833. The van der Waals surface area contributed by atoms with Crippen molar-refractivity contribution in [1.82, 2.24) is 10.6 Å². The quantitative estimate of drug-likeness (QED) is 0.334. The van der Waals surface area contributed by atoms with Crippen LogP contribution in [0.1, 0.15) is 19.4 Å². The molecule has 1 aromatic rings. The molecule has 0 amide bonds. The zero-order valence-electron chi connectivity index (χ0n) is 14.2. The van der Waals surface area contributed by atoms with Gasteiger partial charge < -0.3 is 20.3 Å². The van der Waals surface area contributed by atoms with E-state index in [-0.39, 0.29) is 0 Å². The van der Waals surface area contributed by atoms with Crippen LogP contribution in [0, 0.1) is 0 Å². The standard InChI is InChI=1S/C18H28N4O/c1-3-19-18(20-11-14-23-4-2)21-15-16-7-9-17(10-8-16)22-12-5-6-13-22/h5-10H,3-4,11-15H2,1-2H3,(H2,19,20,21). The van der Waals surface area contributed by atoms with Crippen molar-refractivity contribution in [2.45, 2.75) is 20.4 Å². The van der Waals surface area contributed by atoms with Crippen LogP contribution in [0.25, 0.3) is 0 Å². The summed E-state index contributed by atoms with van der Waals surface area (Å²) in [7, 11) is 0. The minimum absolute atomic E-state index is 0.669. The molecule has 1 aliphatic heterocycles. The second-order valence-corrected chi connectivity index (χ2v) is 5.36. The van der Waals surface area contributed by atoms with Crippen molar-refractivity contribution in [3.05, 3.63) is 42.0 Å². The maximum atomic E-state index is 5.33. The van der Waals surface area contributed by atoms with Crippen LogP contribution in [0.3, 0.4) is 0 Å². The third kappa shape index (κ3) is 5.94. The van der Waals surface area contributed by atoms with Gasteiger partial charge in [-0.1, -0.05) is 24.3 Å². The third-order valence-electron chi connectivity index (χ3n) is 3.63. The van der Waals surface area contributed by atoms with E-state index in [2.05, 4.69) is 63.9 Å². The maximum Gasteiger partial charge on any atom is 0.191 e. The fourth-order valence-corrected chi connectivity index (χ4v) is 2.40. The van der Waals surface area contributed by atoms with Gasteiger partial charge >= 0.3 is 0 Å². The third-order valence-corrected chi connectivity index (χ3v) is 3.63. The van der Waals surface area contributed by atoms with Gasteiger partial charge in [0, 0.05) is 38.5 Å². The second kappa shape index (κ2) is 9.90. The molecule has 0 saturated carbocycles. The molecule has 0 atom stereocenters. The molecule has 1 aromatic carbocycles. The number of anilines is 1. The lowest BCUT2D eigenvalue weighted by Gasteiger charge is -2.17. The Kier molecular flexibility index (Phi) is 7.46. The Hall–Kier alpha value is -2.01. The van der Waals surface area contributed by atoms with Gasteiger partial charge in [0.25, 0.3) is 0 Å². The average molecular weight is 316 g/mol. The lowest BCUT2D eigenvalue weighted by Crippen LogP contribution is -2.39. The molecular formula is C18H28N4O. The molecule has 1 heterocycles. The number of ether oxygens (including phenoxy) is 1. The average Bonchev–Trinajstić information content (AvgIpc) is 3.11. The summed E-state index contributed by atoms with van der Waals surface area (Å²) >= 11 is 0. The Morgan fingerprint density at radius 3 is 2.52 bits per heavy atom. The summed E-state index contributed by atoms with van der Waals surface area (Å²) in [6.07, 6.45) is 4.41. The topological polar surface area (TPSA) is 48.9 Å². The van der Waals surface area contributed by atoms with Gasteiger partial charge in [-0.3, -0.25) is 0 Å². The van der Waals surface area contributed by atoms with Crippen LogP contribution in [0.4, 0.5) is 5.69 Å². The summed E-state index contributed by atoms with van der Waals surface area (Å²) in [5.41, 5.74) is 2.48. The van der Waals surface area contributed by atoms with Gasteiger partial charge in [0.15, 0.2) is 5.96 Å². The Morgan fingerprint density at radius 2 is 1.87 bits per heavy atom. The van der Waals surface area contributed by atoms with Gasteiger partial charge in [0.2, 0.25) is 0 Å². The lowest BCUT2D eigenvalue weighted by atomic mass is 10.2. The number of aliphatic imine (C=N–C) groups is 1. The largest absolute Gasteiger partial charge is 0.380 e. The first-order chi connectivity index (χ1) is 11.3. The van der Waals surface area contributed by atoms with Crippen LogP contribution in [-0.4, -0.2) is 45.4 Å². The van der Waals surface area contributed by atoms with Gasteiger partial charge in [0.1, 0.15) is 0 Å². The zero-order valence-corrected chi connectivity index (χ0v) is 14.2. The molecule has 0 aliphatic carbocycles. The predicted octanol–water partition coefficient (Wildman–Crippen LogP) is 2.15. The van der Waals surface area contributed by atoms with Gasteiger partial charge in [0.05, 0.1) is 13.2 Å². The van der Waals surface area contributed by atoms with E-state index in [9.17, 15) is 0 Å². The van der Waals surface area contributed by atoms with Crippen LogP contribution in [-0.2, 0) is 11.3 Å². The molecule has 0 unspecified atom stereocenters. The van der Waals surface area contributed by atoms with E-state index in [4.69, 9.17) is 4.74 Å². The van der Waals surface area contributed by atoms with Crippen molar-refractivity contribution in [2.75, 3.05) is 44.3 Å². The Bertz CT molecular complexity index is 502. The molecule has 0 fully saturated rings. The van der Waals surface area contributed by atoms with Gasteiger partial charge in [-0.25, -0.2) is 4.99 Å². The minimum Gasteiger partial charge on any atom is -0.380 e. The predicted molar refractivity (Wildman–Crippen MR) is 97.1 cm³/mol. The summed E-state index contributed by atoms with van der Waals surface area (Å²) in [5, 5.41) is 6.53. The van der Waals surface area contributed by atoms with Crippen molar-refractivity contribution >= 4 is 11.6 Å². The summed E-state index contributed by atoms with van der Waals surface area (Å²) in [6, 6.07) is 8.66. The Balaban J connectivity index is 1.85. The summed E-state index contributed by atoms with van der Waals surface area (Å²) in [6.45, 7) is 9.80. The van der Waals surface area contributed by atoms with E-state index in [1.165, 1.54) is 11.3 Å². The highest BCUT2D eigenvalue weighted by Gasteiger charge is 2.06. The molecule has 0 radical (unpaired) electrons. The molecule has 0 saturated heterocycles. The van der Waals surface area contributed by atoms with Crippen LogP contribution in [0.15, 0.2) is 41.4 Å². The highest BCUT2D eigenvalue weighted by molar-refractivity contribution is 5.79. The molecule has 23 heavy (non-hydrogen) atoms. The van der Waals surface area contributed by atoms with Crippen molar-refractivity contribution < 1.29 is 4.74 Å². The molecule has 0 aromatic heterocycles. The van der Waals surface area contributed by atoms with E-state index < -0.39 is 0 Å². The van der Waals surface area contributed by atoms with E-state index in [0.717, 1.165) is 38.7 Å². The number of hydrogen-bond acceptors (Lipinski definition) is 3. The van der Waals surface area contributed by atoms with Gasteiger partial charge in [-0.05, 0) is 31.5 Å². The SMILES string of the molecule is CCNC(=NCc1ccc(N2CC=CC2)cc1)NCCOCC. The fraction of sp³-hybridized carbons (Fsp3) is 0.500. The molecule has 1 aliphatic rings. The zero-order chi connectivity index (χ0) is 16.3. The van der Waals surface area contributed by atoms with Crippen molar-refractivity contribution in [1.29, 1.82) is 0 Å². The number of guanidine groups is 1. The van der Waals surface area contributed by atoms with E-state index in [1.54, 1.807) is 0 Å². The molecule has 126 valence electrons. The van der Waals surface area contributed by atoms with Crippen LogP contribution < -0.4 is 15.5 Å². The number of nitrogens with zero attached hydrogens (tertiary/aromatic N) is 2. The molecule has 2 rings (SSSR count). The Labute approximate surface area is 139 Å². The molecule has 5 nitrogen and oxygen atoms in total. The monoisotopic (exact) mass is 316 g/mol. The van der Waals surface area contributed by atoms with Crippen molar-refractivity contribution in [3.8, 4) is 0 Å². The van der Waals surface area contributed by atoms with Gasteiger partial charge in [-0.15, -0.1) is 0 Å². The van der Waals surface area contributed by atoms with E-state index >= 15 is 0 Å². The minimum atomic E-state index is 0.669. The number of benzene rings is 1. The normalized spacial score (nSPS) is 14.3. The maximum absolute atomic E-state index is 5.33. The smallest absolute Gasteiger partial charge is 0.191 e. The van der Waals surface area contributed by atoms with Crippen molar-refractivity contribution in [3.63, 3.8) is 0 Å². The van der Waals surface area contributed by atoms with Crippen molar-refractivity contribution in [2.24, 2.45) is 4.99 Å². The molecule has 5 heteroatoms. The highest BCUT2D eigenvalue weighted by atomic mass is 16.5. The Morgan fingerprint density at radius 1 is 1.13 bits per heavy atom. The molecule has 0 bridgehead atoms. The summed E-state index contributed by atoms with van der Waals surface area (Å²) in [4.78, 5) is 6.96. The number of nitrogens with one attached hydrogen (secondary N) is 2. The fourth-order valence-electron chi connectivity index (χ4n) is 2.40. The van der Waals surface area contributed by atoms with Crippen LogP contribution in [0.5, 0.6) is 0 Å². The number of rotatable bonds is 8. The first-order valence-electron chi connectivity index (χ1n) is 8.42. The molecule has 2 N–H and O–H groups in total. The first-order valence-corrected chi connectivity index (χ1v) is 8.42. The first kappa shape index (κ1) is 17.3. The van der Waals surface area contributed by atoms with Crippen LogP contribution >= 0.6 is 0 Å². The highest BCUT2D eigenvalue weighted by Crippen LogP contribution is 2.17. The van der Waals surface area contributed by atoms with E-state index in [0.29, 0.717) is 13.2 Å². The van der Waals surface area contributed by atoms with Crippen LogP contribution in [0.2, 0.25) is 0 Å². The summed E-state index contributed by atoms with van der Waals surface area (Å²) < 4.78 is 5.33. The van der Waals surface area contributed by atoms with Gasteiger partial charge in [-0.2, -0.15) is 0 Å². The number of hydrogen-bond donors (Lipinski definition) is 2. The molecular weight excluding hydrogens is 288 g/mol.